The summed E-state index contributed by atoms with van der Waals surface area (Å²) in [4.78, 5) is 1.55. The molecule has 0 saturated heterocycles. The Kier molecular flexibility index (Phi) is 4.10. The Morgan fingerprint density at radius 3 is 2.67 bits per heavy atom. The second-order valence-electron chi connectivity index (χ2n) is 4.66. The van der Waals surface area contributed by atoms with Crippen molar-refractivity contribution in [2.75, 3.05) is 0 Å². The van der Waals surface area contributed by atoms with Gasteiger partial charge in [0.25, 0.3) is 0 Å². The molecule has 0 amide bonds. The number of aliphatic hydroxyl groups excluding tert-OH is 1. The van der Waals surface area contributed by atoms with Gasteiger partial charge in [0.2, 0.25) is 0 Å². The normalized spacial score (nSPS) is 14.4. The van der Waals surface area contributed by atoms with E-state index in [2.05, 4.69) is 24.0 Å². The number of aromatic nitrogens is 3. The van der Waals surface area contributed by atoms with Gasteiger partial charge in [-0.25, -0.2) is 0 Å². The molecule has 2 unspecified atom stereocenters. The maximum Gasteiger partial charge on any atom is 0.112 e. The molecule has 4 heteroatoms. The number of hydrogen-bond donors (Lipinski definition) is 1. The van der Waals surface area contributed by atoms with Crippen LogP contribution in [0.25, 0.3) is 5.69 Å². The number of para-hydroxylation sites is 1. The maximum atomic E-state index is 10.1. The summed E-state index contributed by atoms with van der Waals surface area (Å²) >= 11 is 0. The first-order valence-electron chi connectivity index (χ1n) is 6.36. The third-order valence-corrected chi connectivity index (χ3v) is 3.16. The molecule has 0 fully saturated rings. The molecule has 1 heterocycles. The number of hydrogen-bond acceptors (Lipinski definition) is 3. The van der Waals surface area contributed by atoms with Crippen LogP contribution in [0.1, 0.15) is 38.5 Å². The zero-order valence-electron chi connectivity index (χ0n) is 10.8. The van der Waals surface area contributed by atoms with Crippen molar-refractivity contribution in [2.24, 2.45) is 5.92 Å². The van der Waals surface area contributed by atoms with Gasteiger partial charge < -0.3 is 5.11 Å². The zero-order valence-corrected chi connectivity index (χ0v) is 10.8. The van der Waals surface area contributed by atoms with E-state index in [9.17, 15) is 5.11 Å². The molecule has 0 bridgehead atoms. The van der Waals surface area contributed by atoms with Crippen molar-refractivity contribution in [3.63, 3.8) is 0 Å². The molecule has 1 aromatic heterocycles. The lowest BCUT2D eigenvalue weighted by atomic mass is 10.00. The van der Waals surface area contributed by atoms with Crippen molar-refractivity contribution < 1.29 is 5.11 Å². The predicted octanol–water partition coefficient (Wildman–Crippen LogP) is 2.74. The molecule has 4 nitrogen and oxygen atoms in total. The number of nitrogens with zero attached hydrogens (tertiary/aromatic N) is 3. The van der Waals surface area contributed by atoms with E-state index in [0.717, 1.165) is 18.5 Å². The van der Waals surface area contributed by atoms with E-state index in [1.165, 1.54) is 0 Å². The minimum Gasteiger partial charge on any atom is -0.387 e. The first kappa shape index (κ1) is 12.8. The van der Waals surface area contributed by atoms with E-state index < -0.39 is 6.10 Å². The van der Waals surface area contributed by atoms with E-state index in [0.29, 0.717) is 11.6 Å². The van der Waals surface area contributed by atoms with Crippen molar-refractivity contribution in [2.45, 2.75) is 32.8 Å². The van der Waals surface area contributed by atoms with Crippen LogP contribution in [0, 0.1) is 5.92 Å². The molecule has 0 saturated carbocycles. The highest BCUT2D eigenvalue weighted by Crippen LogP contribution is 2.21. The van der Waals surface area contributed by atoms with Crippen LogP contribution < -0.4 is 0 Å². The summed E-state index contributed by atoms with van der Waals surface area (Å²) in [7, 11) is 0. The molecule has 0 spiro atoms. The lowest BCUT2D eigenvalue weighted by molar-refractivity contribution is 0.141. The lowest BCUT2D eigenvalue weighted by Gasteiger charge is -2.12. The fourth-order valence-corrected chi connectivity index (χ4v) is 1.78. The van der Waals surface area contributed by atoms with Crippen LogP contribution in [0.4, 0.5) is 0 Å². The van der Waals surface area contributed by atoms with Crippen LogP contribution in [-0.4, -0.2) is 20.1 Å². The molecule has 18 heavy (non-hydrogen) atoms. The van der Waals surface area contributed by atoms with Gasteiger partial charge in [0, 0.05) is 0 Å². The SMILES string of the molecule is CCC(C)CC(O)c1cnn(-c2ccccc2)n1. The monoisotopic (exact) mass is 245 g/mol. The van der Waals surface area contributed by atoms with Crippen molar-refractivity contribution in [1.29, 1.82) is 0 Å². The Morgan fingerprint density at radius 1 is 1.28 bits per heavy atom. The summed E-state index contributed by atoms with van der Waals surface area (Å²) < 4.78 is 0. The number of aliphatic hydroxyl groups is 1. The van der Waals surface area contributed by atoms with Crippen molar-refractivity contribution >= 4 is 0 Å². The Balaban J connectivity index is 2.11. The van der Waals surface area contributed by atoms with Gasteiger partial charge in [-0.1, -0.05) is 38.5 Å². The van der Waals surface area contributed by atoms with E-state index in [-0.39, 0.29) is 0 Å². The average molecular weight is 245 g/mol. The molecule has 1 N–H and O–H groups in total. The minimum atomic E-state index is -0.530. The smallest absolute Gasteiger partial charge is 0.112 e. The predicted molar refractivity (Wildman–Crippen MR) is 70.4 cm³/mol. The van der Waals surface area contributed by atoms with Crippen molar-refractivity contribution in [1.82, 2.24) is 15.0 Å². The van der Waals surface area contributed by atoms with E-state index in [1.807, 2.05) is 30.3 Å². The Hall–Kier alpha value is -1.68. The molecule has 2 aromatic rings. The van der Waals surface area contributed by atoms with Gasteiger partial charge in [-0.2, -0.15) is 15.0 Å². The number of benzene rings is 1. The quantitative estimate of drug-likeness (QED) is 0.881. The number of rotatable bonds is 5. The Labute approximate surface area is 107 Å². The Morgan fingerprint density at radius 2 is 2.00 bits per heavy atom. The van der Waals surface area contributed by atoms with Crippen LogP contribution in [0.15, 0.2) is 36.5 Å². The fourth-order valence-electron chi connectivity index (χ4n) is 1.78. The molecule has 0 aliphatic carbocycles. The van der Waals surface area contributed by atoms with Crippen LogP contribution >= 0.6 is 0 Å². The Bertz CT molecular complexity index is 481. The summed E-state index contributed by atoms with van der Waals surface area (Å²) in [5.74, 6) is 0.488. The lowest BCUT2D eigenvalue weighted by Crippen LogP contribution is -2.05. The molecule has 0 aliphatic rings. The van der Waals surface area contributed by atoms with Crippen LogP contribution in [0.3, 0.4) is 0 Å². The summed E-state index contributed by atoms with van der Waals surface area (Å²) in [6.07, 6.45) is 2.89. The summed E-state index contributed by atoms with van der Waals surface area (Å²) in [5.41, 5.74) is 1.54. The average Bonchev–Trinajstić information content (AvgIpc) is 2.89. The van der Waals surface area contributed by atoms with Gasteiger partial charge in [-0.15, -0.1) is 0 Å². The second kappa shape index (κ2) is 5.78. The van der Waals surface area contributed by atoms with E-state index in [4.69, 9.17) is 0 Å². The highest BCUT2D eigenvalue weighted by atomic mass is 16.3. The minimum absolute atomic E-state index is 0.488. The van der Waals surface area contributed by atoms with Gasteiger partial charge in [0.05, 0.1) is 18.0 Å². The highest BCUT2D eigenvalue weighted by Gasteiger charge is 2.15. The third-order valence-electron chi connectivity index (χ3n) is 3.16. The van der Waals surface area contributed by atoms with Gasteiger partial charge in [0.1, 0.15) is 5.69 Å². The van der Waals surface area contributed by atoms with Crippen molar-refractivity contribution in [3.05, 3.63) is 42.2 Å². The largest absolute Gasteiger partial charge is 0.387 e. The molecule has 0 aliphatic heterocycles. The van der Waals surface area contributed by atoms with Crippen LogP contribution in [-0.2, 0) is 0 Å². The van der Waals surface area contributed by atoms with Crippen LogP contribution in [0.2, 0.25) is 0 Å². The maximum absolute atomic E-state index is 10.1. The fraction of sp³-hybridized carbons (Fsp3) is 0.429. The third kappa shape index (κ3) is 2.96. The van der Waals surface area contributed by atoms with Gasteiger partial charge in [-0.3, -0.25) is 0 Å². The van der Waals surface area contributed by atoms with Gasteiger partial charge in [-0.05, 0) is 24.5 Å². The van der Waals surface area contributed by atoms with E-state index >= 15 is 0 Å². The van der Waals surface area contributed by atoms with Gasteiger partial charge in [0.15, 0.2) is 0 Å². The topological polar surface area (TPSA) is 50.9 Å². The molecular formula is C14H19N3O. The van der Waals surface area contributed by atoms with Gasteiger partial charge >= 0.3 is 0 Å². The standard InChI is InChI=1S/C14H19N3O/c1-3-11(2)9-14(18)13-10-15-17(16-13)12-7-5-4-6-8-12/h4-8,10-11,14,18H,3,9H2,1-2H3. The summed E-state index contributed by atoms with van der Waals surface area (Å²) in [6, 6.07) is 9.70. The molecule has 2 rings (SSSR count). The van der Waals surface area contributed by atoms with Crippen LogP contribution in [0.5, 0.6) is 0 Å². The molecule has 0 radical (unpaired) electrons. The van der Waals surface area contributed by atoms with Crippen molar-refractivity contribution in [3.8, 4) is 5.69 Å². The molecule has 2 atom stereocenters. The van der Waals surface area contributed by atoms with E-state index in [1.54, 1.807) is 11.0 Å². The first-order chi connectivity index (χ1) is 8.70. The summed E-state index contributed by atoms with van der Waals surface area (Å²) in [6.45, 7) is 4.25. The molecule has 96 valence electrons. The molecular weight excluding hydrogens is 226 g/mol. The zero-order chi connectivity index (χ0) is 13.0. The first-order valence-corrected chi connectivity index (χ1v) is 6.36. The summed E-state index contributed by atoms with van der Waals surface area (Å²) in [5, 5.41) is 18.6. The second-order valence-corrected chi connectivity index (χ2v) is 4.66. The molecule has 1 aromatic carbocycles. The highest BCUT2D eigenvalue weighted by molar-refractivity contribution is 5.28.